The number of benzene rings is 4. The van der Waals surface area contributed by atoms with Crippen LogP contribution in [-0.2, 0) is 23.1 Å². The molecule has 13 heteroatoms. The Morgan fingerprint density at radius 3 is 2.41 bits per heavy atom. The summed E-state index contributed by atoms with van der Waals surface area (Å²) in [6, 6.07) is 17.6. The van der Waals surface area contributed by atoms with Crippen LogP contribution in [0.2, 0.25) is 10.0 Å². The van der Waals surface area contributed by atoms with E-state index in [9.17, 15) is 9.59 Å². The van der Waals surface area contributed by atoms with Gasteiger partial charge >= 0.3 is 5.97 Å². The molecular formula is C36H30Cl2FN5O5. The fourth-order valence-corrected chi connectivity index (χ4v) is 7.92. The van der Waals surface area contributed by atoms with Crippen molar-refractivity contribution in [3.05, 3.63) is 93.2 Å². The average Bonchev–Trinajstić information content (AvgIpc) is 3.60. The van der Waals surface area contributed by atoms with Gasteiger partial charge in [-0.25, -0.2) is 13.9 Å². The van der Waals surface area contributed by atoms with Gasteiger partial charge in [0.15, 0.2) is 6.73 Å². The molecule has 10 nitrogen and oxygen atoms in total. The number of hydrogen-bond donors (Lipinski definition) is 0. The first-order valence-corrected chi connectivity index (χ1v) is 16.6. The molecule has 8 rings (SSSR count). The summed E-state index contributed by atoms with van der Waals surface area (Å²) in [6.45, 7) is 1.13. The summed E-state index contributed by atoms with van der Waals surface area (Å²) in [6.07, 6.45) is 1.83. The highest BCUT2D eigenvalue weighted by Crippen LogP contribution is 2.44. The van der Waals surface area contributed by atoms with Gasteiger partial charge in [-0.3, -0.25) is 4.79 Å². The van der Waals surface area contributed by atoms with Gasteiger partial charge in [-0.2, -0.15) is 0 Å². The molecule has 0 spiro atoms. The molecule has 3 aliphatic rings. The molecule has 0 radical (unpaired) electrons. The lowest BCUT2D eigenvalue weighted by Crippen LogP contribution is -2.46. The van der Waals surface area contributed by atoms with Crippen molar-refractivity contribution in [1.82, 2.24) is 19.9 Å². The van der Waals surface area contributed by atoms with E-state index in [0.717, 1.165) is 23.9 Å². The molecular weight excluding hydrogens is 672 g/mol. The number of methoxy groups -OCH3 is 1. The molecule has 2 atom stereocenters. The lowest BCUT2D eigenvalue weighted by molar-refractivity contribution is 0.0515. The Kier molecular flexibility index (Phi) is 7.93. The first-order valence-electron chi connectivity index (χ1n) is 15.8. The van der Waals surface area contributed by atoms with Crippen LogP contribution in [0.25, 0.3) is 33.3 Å². The Hall–Kier alpha value is -4.71. The number of aryl methyl sites for hydroxylation is 1. The molecule has 1 aromatic heterocycles. The Balaban J connectivity index is 1.11. The second-order valence-corrected chi connectivity index (χ2v) is 13.3. The number of rotatable bonds is 5. The number of amides is 1. The average molecular weight is 703 g/mol. The van der Waals surface area contributed by atoms with Gasteiger partial charge in [0.2, 0.25) is 0 Å². The van der Waals surface area contributed by atoms with Crippen LogP contribution in [0, 0.1) is 5.82 Å². The number of hydrogen-bond acceptors (Lipinski definition) is 8. The minimum absolute atomic E-state index is 0.0782. The Morgan fingerprint density at radius 2 is 1.67 bits per heavy atom. The normalized spacial score (nSPS) is 18.4. The third-order valence-corrected chi connectivity index (χ3v) is 10.2. The number of aromatic nitrogens is 3. The largest absolute Gasteiger partial charge is 0.472 e. The summed E-state index contributed by atoms with van der Waals surface area (Å²) in [5.74, 6) is -1.15. The molecule has 2 bridgehead atoms. The number of ether oxygens (including phenoxy) is 3. The third kappa shape index (κ3) is 5.27. The fourth-order valence-electron chi connectivity index (χ4n) is 7.27. The molecule has 4 heterocycles. The number of esters is 1. The predicted molar refractivity (Wildman–Crippen MR) is 183 cm³/mol. The molecule has 250 valence electrons. The van der Waals surface area contributed by atoms with Gasteiger partial charge in [-0.05, 0) is 48.7 Å². The number of fused-ring (bicyclic) bond motifs is 4. The van der Waals surface area contributed by atoms with E-state index in [-0.39, 0.29) is 52.1 Å². The maximum absolute atomic E-state index is 15.9. The summed E-state index contributed by atoms with van der Waals surface area (Å²) in [5.41, 5.74) is 5.41. The van der Waals surface area contributed by atoms with Crippen molar-refractivity contribution in [3.8, 4) is 28.0 Å². The number of nitrogens with zero attached hydrogens (tertiary/aromatic N) is 5. The number of para-hydroxylation sites is 1. The highest BCUT2D eigenvalue weighted by molar-refractivity contribution is 6.40. The van der Waals surface area contributed by atoms with Crippen LogP contribution in [0.5, 0.6) is 5.75 Å². The van der Waals surface area contributed by atoms with Crippen molar-refractivity contribution >= 4 is 51.8 Å². The van der Waals surface area contributed by atoms with Crippen LogP contribution in [0.15, 0.2) is 60.7 Å². The number of carbonyl (C=O) groups excluding carboxylic acids is 2. The maximum atomic E-state index is 15.9. The highest BCUT2D eigenvalue weighted by atomic mass is 35.5. The van der Waals surface area contributed by atoms with E-state index in [1.807, 2.05) is 31.3 Å². The van der Waals surface area contributed by atoms with E-state index >= 15 is 4.39 Å². The maximum Gasteiger partial charge on any atom is 0.340 e. The van der Waals surface area contributed by atoms with E-state index < -0.39 is 17.7 Å². The third-order valence-electron chi connectivity index (χ3n) is 9.62. The second-order valence-electron chi connectivity index (χ2n) is 12.4. The molecule has 0 aliphatic carbocycles. The van der Waals surface area contributed by atoms with Crippen molar-refractivity contribution in [1.29, 1.82) is 0 Å². The SMILES string of the molecule is COC(=O)c1cc(F)c(-c2cccc3c2OCN(C(=O)c2c(Cl)cc(-c4cccc5c4nnn5C)cc2Cl)C3)cc1N1C2CCC1COC2. The quantitative estimate of drug-likeness (QED) is 0.183. The van der Waals surface area contributed by atoms with Crippen molar-refractivity contribution in [2.24, 2.45) is 7.05 Å². The number of carbonyl (C=O) groups is 2. The van der Waals surface area contributed by atoms with Crippen LogP contribution in [0.4, 0.5) is 10.1 Å². The minimum atomic E-state index is -0.608. The Bertz CT molecular complexity index is 2130. The van der Waals surface area contributed by atoms with Gasteiger partial charge in [0.05, 0.1) is 71.3 Å². The summed E-state index contributed by atoms with van der Waals surface area (Å²) < 4.78 is 34.6. The van der Waals surface area contributed by atoms with E-state index in [2.05, 4.69) is 15.2 Å². The van der Waals surface area contributed by atoms with Crippen LogP contribution < -0.4 is 9.64 Å². The molecule has 49 heavy (non-hydrogen) atoms. The zero-order chi connectivity index (χ0) is 34.0. The molecule has 5 aromatic rings. The van der Waals surface area contributed by atoms with Crippen molar-refractivity contribution in [2.75, 3.05) is 32.0 Å². The van der Waals surface area contributed by atoms with E-state index in [1.54, 1.807) is 35.0 Å². The monoisotopic (exact) mass is 701 g/mol. The summed E-state index contributed by atoms with van der Waals surface area (Å²) in [5, 5.41) is 8.76. The lowest BCUT2D eigenvalue weighted by atomic mass is 9.96. The van der Waals surface area contributed by atoms with Crippen LogP contribution in [-0.4, -0.2) is 70.9 Å². The van der Waals surface area contributed by atoms with Crippen LogP contribution >= 0.6 is 23.2 Å². The van der Waals surface area contributed by atoms with Gasteiger partial charge in [0.1, 0.15) is 17.1 Å². The molecule has 3 aliphatic heterocycles. The van der Waals surface area contributed by atoms with E-state index in [0.29, 0.717) is 46.9 Å². The van der Waals surface area contributed by atoms with Gasteiger partial charge in [-0.15, -0.1) is 5.10 Å². The molecule has 1 amide bonds. The van der Waals surface area contributed by atoms with Gasteiger partial charge in [0.25, 0.3) is 5.91 Å². The van der Waals surface area contributed by atoms with E-state index in [1.165, 1.54) is 18.1 Å². The summed E-state index contributed by atoms with van der Waals surface area (Å²) in [4.78, 5) is 30.4. The van der Waals surface area contributed by atoms with Gasteiger partial charge in [-0.1, -0.05) is 58.7 Å². The van der Waals surface area contributed by atoms with Crippen LogP contribution in [0.3, 0.4) is 0 Å². The Morgan fingerprint density at radius 1 is 0.959 bits per heavy atom. The van der Waals surface area contributed by atoms with Crippen molar-refractivity contribution < 1.29 is 28.2 Å². The summed E-state index contributed by atoms with van der Waals surface area (Å²) in [7, 11) is 3.10. The zero-order valence-corrected chi connectivity index (χ0v) is 28.1. The Labute approximate surface area is 290 Å². The number of anilines is 1. The van der Waals surface area contributed by atoms with Crippen molar-refractivity contribution in [2.45, 2.75) is 31.5 Å². The van der Waals surface area contributed by atoms with Crippen molar-refractivity contribution in [3.63, 3.8) is 0 Å². The number of halogens is 3. The molecule has 2 unspecified atom stereocenters. The first kappa shape index (κ1) is 31.6. The minimum Gasteiger partial charge on any atom is -0.472 e. The summed E-state index contributed by atoms with van der Waals surface area (Å²) >= 11 is 13.5. The molecule has 0 N–H and O–H groups in total. The lowest BCUT2D eigenvalue weighted by Gasteiger charge is -2.37. The molecule has 2 fully saturated rings. The highest BCUT2D eigenvalue weighted by Gasteiger charge is 2.40. The van der Waals surface area contributed by atoms with Gasteiger partial charge in [0, 0.05) is 29.3 Å². The van der Waals surface area contributed by atoms with Gasteiger partial charge < -0.3 is 24.0 Å². The standard InChI is InChI=1S/C36H30Cl2FN5O5/c1-42-30-8-4-6-23(33(30)40-41-42)20-11-27(37)32(28(38)12-20)35(45)43-15-19-5-3-7-24(34(19)49-18-43)25-14-31(26(13-29(25)39)36(46)47-2)44-21-9-10-22(44)17-48-16-21/h3-8,11-14,21-22H,9-10,15-18H2,1-2H3. The smallest absolute Gasteiger partial charge is 0.340 e. The molecule has 2 saturated heterocycles. The zero-order valence-electron chi connectivity index (χ0n) is 26.6. The molecule has 4 aromatic carbocycles. The first-order chi connectivity index (χ1) is 23.7. The molecule has 0 saturated carbocycles. The topological polar surface area (TPSA) is 99.0 Å². The van der Waals surface area contributed by atoms with E-state index in [4.69, 9.17) is 37.4 Å². The predicted octanol–water partition coefficient (Wildman–Crippen LogP) is 6.89. The fraction of sp³-hybridized carbons (Fsp3) is 0.278. The number of morpholine rings is 1. The van der Waals surface area contributed by atoms with Crippen LogP contribution in [0.1, 0.15) is 39.1 Å². The second kappa shape index (κ2) is 12.3.